The summed E-state index contributed by atoms with van der Waals surface area (Å²) in [5.74, 6) is 0. The molecule has 8 heteroatoms. The largest absolute Gasteiger partial charge is 0.417 e. The molecule has 1 aromatic carbocycles. The number of nitrogens with one attached hydrogen (secondary N) is 1. The highest BCUT2D eigenvalue weighted by molar-refractivity contribution is 5.82. The number of halogens is 3. The summed E-state index contributed by atoms with van der Waals surface area (Å²) in [5.41, 5.74) is -1.82. The van der Waals surface area contributed by atoms with Crippen LogP contribution in [0.3, 0.4) is 0 Å². The van der Waals surface area contributed by atoms with Crippen LogP contribution in [0.1, 0.15) is 18.1 Å². The van der Waals surface area contributed by atoms with Crippen LogP contribution < -0.4 is 11.2 Å². The normalized spacial score (nSPS) is 11.9. The zero-order valence-electron chi connectivity index (χ0n) is 13.4. The molecule has 0 saturated heterocycles. The van der Waals surface area contributed by atoms with E-state index in [4.69, 9.17) is 0 Å². The van der Waals surface area contributed by atoms with Crippen LogP contribution in [0.25, 0.3) is 22.3 Å². The number of hydrogen-bond donors (Lipinski definition) is 1. The number of benzene rings is 1. The first kappa shape index (κ1) is 16.9. The van der Waals surface area contributed by atoms with E-state index in [9.17, 15) is 22.8 Å². The summed E-state index contributed by atoms with van der Waals surface area (Å²) in [4.78, 5) is 30.1. The lowest BCUT2D eigenvalue weighted by Crippen LogP contribution is -2.32. The fourth-order valence-electron chi connectivity index (χ4n) is 2.66. The predicted octanol–water partition coefficient (Wildman–Crippen LogP) is 3.10. The lowest BCUT2D eigenvalue weighted by Gasteiger charge is -2.14. The number of aromatic amines is 1. The van der Waals surface area contributed by atoms with Crippen LogP contribution in [-0.4, -0.2) is 14.5 Å². The summed E-state index contributed by atoms with van der Waals surface area (Å²) in [6.45, 7) is 3.52. The number of hydrogen-bond acceptors (Lipinski definition) is 3. The Labute approximate surface area is 139 Å². The van der Waals surface area contributed by atoms with Crippen molar-refractivity contribution in [1.29, 1.82) is 0 Å². The summed E-state index contributed by atoms with van der Waals surface area (Å²) in [6, 6.07) is 7.63. The molecular formula is C17H14F3N3O2. The molecule has 0 amide bonds. The van der Waals surface area contributed by atoms with E-state index < -0.39 is 28.4 Å². The third-order valence-corrected chi connectivity index (χ3v) is 3.92. The molecule has 0 spiro atoms. The predicted molar refractivity (Wildman–Crippen MR) is 87.5 cm³/mol. The summed E-state index contributed by atoms with van der Waals surface area (Å²) >= 11 is 0. The molecule has 0 saturated carbocycles. The van der Waals surface area contributed by atoms with E-state index in [2.05, 4.69) is 4.98 Å². The SMILES string of the molecule is CCn1c(=O)[nH]c(=O)c2c(C(F)(F)F)cc(-c3ccc(C)cc3)nc21. The van der Waals surface area contributed by atoms with Crippen LogP contribution >= 0.6 is 0 Å². The number of nitrogens with zero attached hydrogens (tertiary/aromatic N) is 2. The Bertz CT molecular complexity index is 1060. The minimum Gasteiger partial charge on any atom is -0.278 e. The van der Waals surface area contributed by atoms with E-state index in [1.54, 1.807) is 31.2 Å². The molecule has 3 rings (SSSR count). The van der Waals surface area contributed by atoms with Crippen molar-refractivity contribution in [3.8, 4) is 11.3 Å². The van der Waals surface area contributed by atoms with Gasteiger partial charge in [0.2, 0.25) is 0 Å². The van der Waals surface area contributed by atoms with E-state index in [1.165, 1.54) is 0 Å². The Morgan fingerprint density at radius 1 is 1.16 bits per heavy atom. The standard InChI is InChI=1S/C17H14F3N3O2/c1-3-23-14-13(15(24)22-16(23)25)11(17(18,19)20)8-12(21-14)10-6-4-9(2)5-7-10/h4-8H,3H2,1-2H3,(H,22,24,25). The van der Waals surface area contributed by atoms with Crippen LogP contribution in [0.15, 0.2) is 39.9 Å². The van der Waals surface area contributed by atoms with E-state index in [-0.39, 0.29) is 17.9 Å². The minimum atomic E-state index is -4.76. The number of fused-ring (bicyclic) bond motifs is 1. The maximum atomic E-state index is 13.5. The first-order valence-electron chi connectivity index (χ1n) is 7.54. The van der Waals surface area contributed by atoms with Crippen LogP contribution in [0.2, 0.25) is 0 Å². The molecule has 25 heavy (non-hydrogen) atoms. The monoisotopic (exact) mass is 349 g/mol. The van der Waals surface area contributed by atoms with Gasteiger partial charge in [-0.1, -0.05) is 29.8 Å². The molecular weight excluding hydrogens is 335 g/mol. The molecule has 0 aliphatic carbocycles. The van der Waals surface area contributed by atoms with Gasteiger partial charge < -0.3 is 0 Å². The van der Waals surface area contributed by atoms with Gasteiger partial charge in [0.1, 0.15) is 0 Å². The van der Waals surface area contributed by atoms with Gasteiger partial charge in [-0.25, -0.2) is 9.78 Å². The highest BCUT2D eigenvalue weighted by Crippen LogP contribution is 2.35. The first-order valence-corrected chi connectivity index (χ1v) is 7.54. The molecule has 5 nitrogen and oxygen atoms in total. The fraction of sp³-hybridized carbons (Fsp3) is 0.235. The van der Waals surface area contributed by atoms with Crippen molar-refractivity contribution in [2.75, 3.05) is 0 Å². The van der Waals surface area contributed by atoms with Crippen molar-refractivity contribution in [3.05, 3.63) is 62.3 Å². The average molecular weight is 349 g/mol. The van der Waals surface area contributed by atoms with Gasteiger partial charge >= 0.3 is 11.9 Å². The van der Waals surface area contributed by atoms with Gasteiger partial charge in [-0.2, -0.15) is 13.2 Å². The van der Waals surface area contributed by atoms with E-state index in [0.717, 1.165) is 16.2 Å². The average Bonchev–Trinajstić information content (AvgIpc) is 2.54. The number of pyridine rings is 1. The van der Waals surface area contributed by atoms with Crippen molar-refractivity contribution in [3.63, 3.8) is 0 Å². The molecule has 1 N–H and O–H groups in total. The molecule has 0 atom stereocenters. The van der Waals surface area contributed by atoms with Crippen LogP contribution in [0.5, 0.6) is 0 Å². The molecule has 0 radical (unpaired) electrons. The molecule has 0 fully saturated rings. The van der Waals surface area contributed by atoms with Crippen LogP contribution in [0.4, 0.5) is 13.2 Å². The highest BCUT2D eigenvalue weighted by Gasteiger charge is 2.35. The van der Waals surface area contributed by atoms with Gasteiger partial charge in [0, 0.05) is 12.1 Å². The quantitative estimate of drug-likeness (QED) is 0.773. The summed E-state index contributed by atoms with van der Waals surface area (Å²) in [7, 11) is 0. The molecule has 3 aromatic rings. The van der Waals surface area contributed by atoms with E-state index in [1.807, 2.05) is 11.9 Å². The summed E-state index contributed by atoms with van der Waals surface area (Å²) in [5, 5.41) is -0.634. The third kappa shape index (κ3) is 2.95. The molecule has 0 aliphatic heterocycles. The zero-order chi connectivity index (χ0) is 18.4. The number of aryl methyl sites for hydroxylation is 2. The topological polar surface area (TPSA) is 67.8 Å². The Kier molecular flexibility index (Phi) is 3.98. The summed E-state index contributed by atoms with van der Waals surface area (Å²) < 4.78 is 41.6. The maximum Gasteiger partial charge on any atom is 0.417 e. The van der Waals surface area contributed by atoms with Crippen molar-refractivity contribution < 1.29 is 13.2 Å². The lowest BCUT2D eigenvalue weighted by atomic mass is 10.0. The Morgan fingerprint density at radius 3 is 2.36 bits per heavy atom. The molecule has 0 bridgehead atoms. The lowest BCUT2D eigenvalue weighted by molar-refractivity contribution is -0.136. The summed E-state index contributed by atoms with van der Waals surface area (Å²) in [6.07, 6.45) is -4.76. The molecule has 0 unspecified atom stereocenters. The van der Waals surface area contributed by atoms with Gasteiger partial charge in [0.15, 0.2) is 5.65 Å². The van der Waals surface area contributed by atoms with Gasteiger partial charge in [0.25, 0.3) is 5.56 Å². The Morgan fingerprint density at radius 2 is 1.80 bits per heavy atom. The molecule has 130 valence electrons. The van der Waals surface area contributed by atoms with Crippen LogP contribution in [0, 0.1) is 6.92 Å². The number of rotatable bonds is 2. The smallest absolute Gasteiger partial charge is 0.278 e. The molecule has 0 aliphatic rings. The van der Waals surface area contributed by atoms with Crippen molar-refractivity contribution in [2.45, 2.75) is 26.6 Å². The Balaban J connectivity index is 2.48. The van der Waals surface area contributed by atoms with Crippen molar-refractivity contribution >= 4 is 11.0 Å². The zero-order valence-corrected chi connectivity index (χ0v) is 13.4. The van der Waals surface area contributed by atoms with Crippen molar-refractivity contribution in [2.24, 2.45) is 0 Å². The van der Waals surface area contributed by atoms with Gasteiger partial charge in [-0.05, 0) is 19.9 Å². The Hall–Kier alpha value is -2.90. The van der Waals surface area contributed by atoms with E-state index >= 15 is 0 Å². The maximum absolute atomic E-state index is 13.5. The second-order valence-corrected chi connectivity index (χ2v) is 5.62. The van der Waals surface area contributed by atoms with Gasteiger partial charge in [-0.3, -0.25) is 14.3 Å². The van der Waals surface area contributed by atoms with Crippen LogP contribution in [-0.2, 0) is 12.7 Å². The highest BCUT2D eigenvalue weighted by atomic mass is 19.4. The van der Waals surface area contributed by atoms with Gasteiger partial charge in [-0.15, -0.1) is 0 Å². The van der Waals surface area contributed by atoms with Crippen molar-refractivity contribution in [1.82, 2.24) is 14.5 Å². The molecule has 2 aromatic heterocycles. The first-order chi connectivity index (χ1) is 11.7. The minimum absolute atomic E-state index is 0.0482. The molecule has 2 heterocycles. The fourth-order valence-corrected chi connectivity index (χ4v) is 2.66. The second kappa shape index (κ2) is 5.87. The second-order valence-electron chi connectivity index (χ2n) is 5.62. The number of H-pyrrole nitrogens is 1. The third-order valence-electron chi connectivity index (χ3n) is 3.92. The number of alkyl halides is 3. The van der Waals surface area contributed by atoms with E-state index in [0.29, 0.717) is 5.56 Å². The number of aromatic nitrogens is 3. The van der Waals surface area contributed by atoms with Gasteiger partial charge in [0.05, 0.1) is 16.6 Å².